The molecule has 0 bridgehead atoms. The lowest BCUT2D eigenvalue weighted by Crippen LogP contribution is -2.49. The summed E-state index contributed by atoms with van der Waals surface area (Å²) in [7, 11) is 1.72. The molecule has 3 nitrogen and oxygen atoms in total. The first-order valence-electron chi connectivity index (χ1n) is 17.5. The maximum Gasteiger partial charge on any atom is 0.221 e. The van der Waals surface area contributed by atoms with Crippen molar-refractivity contribution in [3.8, 4) is 11.3 Å². The molecule has 0 radical (unpaired) electrons. The van der Waals surface area contributed by atoms with Gasteiger partial charge in [-0.2, -0.15) is 4.57 Å². The first-order valence-corrected chi connectivity index (χ1v) is 18.4. The number of allylic oxidation sites excluding steroid dienone is 1. The van der Waals surface area contributed by atoms with Crippen LogP contribution in [0.3, 0.4) is 0 Å². The Balaban J connectivity index is 1.51. The van der Waals surface area contributed by atoms with Crippen molar-refractivity contribution in [3.63, 3.8) is 0 Å². The van der Waals surface area contributed by atoms with Gasteiger partial charge in [0.1, 0.15) is 0 Å². The molecule has 4 heteroatoms. The van der Waals surface area contributed by atoms with E-state index < -0.39 is 0 Å². The zero-order valence-corrected chi connectivity index (χ0v) is 30.6. The summed E-state index contributed by atoms with van der Waals surface area (Å²) in [6.07, 6.45) is 5.27. The van der Waals surface area contributed by atoms with Crippen molar-refractivity contribution in [2.75, 3.05) is 13.7 Å². The minimum atomic E-state index is -0.150. The van der Waals surface area contributed by atoms with Gasteiger partial charge in [0.2, 0.25) is 11.7 Å². The van der Waals surface area contributed by atoms with E-state index in [1.54, 1.807) is 12.7 Å². The van der Waals surface area contributed by atoms with E-state index in [1.165, 1.54) is 82.5 Å². The van der Waals surface area contributed by atoms with Crippen LogP contribution < -0.4 is 4.57 Å². The van der Waals surface area contributed by atoms with Gasteiger partial charge in [0.15, 0.2) is 12.0 Å². The quantitative estimate of drug-likeness (QED) is 0.152. The second kappa shape index (κ2) is 10.6. The zero-order valence-electron chi connectivity index (χ0n) is 29.8. The molecule has 0 saturated carbocycles. The van der Waals surface area contributed by atoms with Gasteiger partial charge in [0, 0.05) is 32.8 Å². The molecule has 6 aromatic rings. The highest BCUT2D eigenvalue weighted by Crippen LogP contribution is 2.53. The number of aromatic nitrogens is 1. The molecule has 2 atom stereocenters. The highest BCUT2D eigenvalue weighted by Gasteiger charge is 2.45. The summed E-state index contributed by atoms with van der Waals surface area (Å²) < 4.78 is 11.1. The van der Waals surface area contributed by atoms with Gasteiger partial charge in [-0.1, -0.05) is 91.4 Å². The third kappa shape index (κ3) is 4.44. The number of thiophene rings is 1. The van der Waals surface area contributed by atoms with Crippen LogP contribution in [-0.4, -0.2) is 18.8 Å². The highest BCUT2D eigenvalue weighted by atomic mass is 32.1. The van der Waals surface area contributed by atoms with Gasteiger partial charge >= 0.3 is 0 Å². The van der Waals surface area contributed by atoms with Crippen LogP contribution in [0.2, 0.25) is 0 Å². The monoisotopic (exact) mass is 654 g/mol. The number of methoxy groups -OCH3 is 1. The fraction of sp³-hybridized carbons (Fsp3) is 0.386. The van der Waals surface area contributed by atoms with E-state index >= 15 is 0 Å². The van der Waals surface area contributed by atoms with Crippen molar-refractivity contribution >= 4 is 53.1 Å². The number of pyridine rings is 1. The maximum atomic E-state index is 10.5. The lowest BCUT2D eigenvalue weighted by atomic mass is 9.63. The lowest BCUT2D eigenvalue weighted by molar-refractivity contribution is -0.711. The average molecular weight is 655 g/mol. The van der Waals surface area contributed by atoms with Crippen LogP contribution in [0.5, 0.6) is 0 Å². The van der Waals surface area contributed by atoms with Crippen LogP contribution in [-0.2, 0) is 21.0 Å². The van der Waals surface area contributed by atoms with Crippen molar-refractivity contribution in [1.29, 1.82) is 0 Å². The predicted molar refractivity (Wildman–Crippen MR) is 204 cm³/mol. The Hall–Kier alpha value is -3.73. The third-order valence-corrected chi connectivity index (χ3v) is 12.9. The second-order valence-corrected chi connectivity index (χ2v) is 17.7. The van der Waals surface area contributed by atoms with Gasteiger partial charge in [-0.3, -0.25) is 0 Å². The van der Waals surface area contributed by atoms with Crippen molar-refractivity contribution in [2.24, 2.45) is 0 Å². The van der Waals surface area contributed by atoms with Crippen molar-refractivity contribution < 1.29 is 14.4 Å². The van der Waals surface area contributed by atoms with Gasteiger partial charge in [0.25, 0.3) is 0 Å². The summed E-state index contributed by atoms with van der Waals surface area (Å²) in [5, 5.41) is 18.2. The highest BCUT2D eigenvalue weighted by molar-refractivity contribution is 7.26. The van der Waals surface area contributed by atoms with Crippen molar-refractivity contribution in [3.05, 3.63) is 101 Å². The summed E-state index contributed by atoms with van der Waals surface area (Å²) in [6.45, 7) is 21.2. The van der Waals surface area contributed by atoms with Gasteiger partial charge in [-0.05, 0) is 92.1 Å². The molecule has 1 aliphatic heterocycles. The van der Waals surface area contributed by atoms with E-state index in [2.05, 4.69) is 126 Å². The molecule has 246 valence electrons. The molecule has 1 N–H and O–H groups in total. The minimum Gasteiger partial charge on any atom is -0.495 e. The molecule has 0 saturated heterocycles. The predicted octanol–water partition coefficient (Wildman–Crippen LogP) is 11.1. The van der Waals surface area contributed by atoms with Crippen molar-refractivity contribution in [1.82, 2.24) is 0 Å². The van der Waals surface area contributed by atoms with E-state index in [0.29, 0.717) is 12.2 Å². The molecule has 1 aliphatic carbocycles. The molecule has 2 aromatic heterocycles. The molecule has 3 heterocycles. The SMILES string of the molecule is C=C(OC)C1C(CCO)c2c(cc(C(C)(C)C)c3ccccc23)-c2c3cc4c(cc3cc[n+]21)sc1c2c(ccc14)C(C)(C)CCC2(C)C. The molecular formula is C44H48NO2S+. The standard InChI is InChI=1S/C44H48NO2S/c1-25(47-9)39-30(17-21-46)37-28-13-11-10-12-27(28)35(42(2,3)4)24-33(37)40-31-23-32-29-14-15-34-38(44(7,8)19-18-43(34,5)6)41(29)48-36(32)22-26(31)16-20-45(39)40/h10-16,20,22-24,30,39,46H,1,17-19,21H2,2-9H3/q+1. The summed E-state index contributed by atoms with van der Waals surface area (Å²) in [6, 6.07) is 23.1. The molecule has 0 amide bonds. The van der Waals surface area contributed by atoms with E-state index in [1.807, 2.05) is 11.3 Å². The van der Waals surface area contributed by atoms with Gasteiger partial charge in [-0.25, -0.2) is 0 Å². The molecule has 0 spiro atoms. The first kappa shape index (κ1) is 31.5. The molecule has 0 fully saturated rings. The number of benzene rings is 4. The number of rotatable bonds is 4. The summed E-state index contributed by atoms with van der Waals surface area (Å²) in [4.78, 5) is 0. The number of hydrogen-bond donors (Lipinski definition) is 1. The van der Waals surface area contributed by atoms with Gasteiger partial charge in [-0.15, -0.1) is 11.3 Å². The number of fused-ring (bicyclic) bond motifs is 12. The number of ether oxygens (including phenoxy) is 1. The molecule has 8 rings (SSSR count). The molecule has 2 aliphatic rings. The van der Waals surface area contributed by atoms with Crippen LogP contribution in [0.25, 0.3) is 53.0 Å². The second-order valence-electron chi connectivity index (χ2n) is 16.7. The molecular weight excluding hydrogens is 607 g/mol. The van der Waals surface area contributed by atoms with E-state index in [9.17, 15) is 5.11 Å². The van der Waals surface area contributed by atoms with E-state index in [-0.39, 0.29) is 34.8 Å². The molecule has 48 heavy (non-hydrogen) atoms. The summed E-state index contributed by atoms with van der Waals surface area (Å²) >= 11 is 1.97. The Morgan fingerprint density at radius 2 is 1.65 bits per heavy atom. The lowest BCUT2D eigenvalue weighted by Gasteiger charge is -2.42. The Kier molecular flexibility index (Phi) is 6.99. The smallest absolute Gasteiger partial charge is 0.221 e. The van der Waals surface area contributed by atoms with Crippen LogP contribution in [0.1, 0.15) is 102 Å². The Labute approximate surface area is 288 Å². The third-order valence-electron chi connectivity index (χ3n) is 11.8. The van der Waals surface area contributed by atoms with Crippen molar-refractivity contribution in [2.45, 2.75) is 95.9 Å². The topological polar surface area (TPSA) is 33.3 Å². The number of aliphatic hydroxyl groups is 1. The van der Waals surface area contributed by atoms with E-state index in [4.69, 9.17) is 4.74 Å². The average Bonchev–Trinajstić information content (AvgIpc) is 3.41. The van der Waals surface area contributed by atoms with Crippen LogP contribution in [0, 0.1) is 0 Å². The zero-order chi connectivity index (χ0) is 33.9. The molecule has 2 unspecified atom stereocenters. The number of aliphatic hydroxyl groups excluding tert-OH is 1. The molecule has 4 aromatic carbocycles. The minimum absolute atomic E-state index is 0.00846. The van der Waals surface area contributed by atoms with Gasteiger partial charge < -0.3 is 9.84 Å². The normalized spacial score (nSPS) is 19.8. The Morgan fingerprint density at radius 3 is 2.35 bits per heavy atom. The maximum absolute atomic E-state index is 10.5. The van der Waals surface area contributed by atoms with E-state index in [0.717, 1.165) is 0 Å². The van der Waals surface area contributed by atoms with Crippen LogP contribution in [0.15, 0.2) is 79.2 Å². The number of nitrogens with zero attached hydrogens (tertiary/aromatic N) is 1. The fourth-order valence-corrected chi connectivity index (χ4v) is 10.6. The van der Waals surface area contributed by atoms with Crippen LogP contribution >= 0.6 is 11.3 Å². The Bertz CT molecular complexity index is 2320. The summed E-state index contributed by atoms with van der Waals surface area (Å²) in [5.74, 6) is 0.723. The largest absolute Gasteiger partial charge is 0.495 e. The van der Waals surface area contributed by atoms with Gasteiger partial charge in [0.05, 0.1) is 24.0 Å². The summed E-state index contributed by atoms with van der Waals surface area (Å²) in [5.41, 5.74) is 8.41. The fourth-order valence-electron chi connectivity index (χ4n) is 9.16. The first-order chi connectivity index (χ1) is 22.8. The number of hydrogen-bond acceptors (Lipinski definition) is 3. The Morgan fingerprint density at radius 1 is 0.917 bits per heavy atom. The van der Waals surface area contributed by atoms with Crippen LogP contribution in [0.4, 0.5) is 0 Å².